The monoisotopic (exact) mass is 1170 g/mol. The molecule has 0 fully saturated rings. The number of hydrogen-bond acceptors (Lipinski definition) is 12. The number of rotatable bonds is 14. The molecule has 0 bridgehead atoms. The molecule has 1 aliphatic rings. The van der Waals surface area contributed by atoms with Crippen LogP contribution in [0.5, 0.6) is 17.2 Å². The second-order valence-corrected chi connectivity index (χ2v) is 20.3. The molecule has 82 heavy (non-hydrogen) atoms. The molecule has 0 amide bonds. The minimum Gasteiger partial charge on any atom is -0.496 e. The normalized spacial score (nSPS) is 11.9. The Morgan fingerprint density at radius 3 is 1.18 bits per heavy atom. The van der Waals surface area contributed by atoms with Gasteiger partial charge in [-0.25, -0.2) is 23.1 Å². The first-order chi connectivity index (χ1) is 39.6. The average molecular weight is 1180 g/mol. The average Bonchev–Trinajstić information content (AvgIpc) is 4.47. The van der Waals surface area contributed by atoms with Crippen LogP contribution in [0.3, 0.4) is 0 Å². The van der Waals surface area contributed by atoms with E-state index in [1.54, 1.807) is 76.7 Å². The number of aryl methyl sites for hydroxylation is 7. The third kappa shape index (κ3) is 12.9. The summed E-state index contributed by atoms with van der Waals surface area (Å²) < 4.78 is 68.8. The number of pyridine rings is 3. The van der Waals surface area contributed by atoms with E-state index in [0.717, 1.165) is 85.0 Å². The molecule has 8 aromatic heterocycles. The Balaban J connectivity index is 0.000000141. The highest BCUT2D eigenvalue weighted by Crippen LogP contribution is 2.28. The summed E-state index contributed by atoms with van der Waals surface area (Å²) in [7, 11) is 4.66. The molecule has 422 valence electrons. The van der Waals surface area contributed by atoms with Gasteiger partial charge in [-0.05, 0) is 169 Å². The van der Waals surface area contributed by atoms with Crippen molar-refractivity contribution in [1.82, 2.24) is 62.9 Å². The van der Waals surface area contributed by atoms with Crippen molar-refractivity contribution in [3.63, 3.8) is 0 Å². The summed E-state index contributed by atoms with van der Waals surface area (Å²) in [6, 6.07) is 26.6. The van der Waals surface area contributed by atoms with E-state index in [0.29, 0.717) is 72.5 Å². The molecule has 1 aliphatic heterocycles. The minimum absolute atomic E-state index is 0.244. The summed E-state index contributed by atoms with van der Waals surface area (Å²) in [6.07, 6.45) is 15.7. The van der Waals surface area contributed by atoms with E-state index >= 15 is 0 Å². The maximum atomic E-state index is 14.2. The highest BCUT2D eigenvalue weighted by atomic mass is 79.9. The largest absolute Gasteiger partial charge is 0.496 e. The molecule has 0 N–H and O–H groups in total. The lowest BCUT2D eigenvalue weighted by molar-refractivity contribution is 0.404. The molecule has 0 spiro atoms. The molecule has 21 heteroatoms. The molecule has 17 nitrogen and oxygen atoms in total. The highest BCUT2D eigenvalue weighted by molar-refractivity contribution is 9.10. The molecule has 0 radical (unpaired) electrons. The van der Waals surface area contributed by atoms with Gasteiger partial charge in [0.05, 0.1) is 48.6 Å². The molecule has 0 unspecified atom stereocenters. The molecule has 11 aromatic rings. The molecule has 0 saturated heterocycles. The quantitative estimate of drug-likeness (QED) is 0.102. The van der Waals surface area contributed by atoms with Gasteiger partial charge in [0, 0.05) is 64.0 Å². The number of hydrogen-bond donors (Lipinski definition) is 0. The van der Waals surface area contributed by atoms with E-state index in [2.05, 4.69) is 67.6 Å². The van der Waals surface area contributed by atoms with E-state index < -0.39 is 0 Å². The topological polar surface area (TPSA) is 166 Å². The predicted octanol–water partition coefficient (Wildman–Crippen LogP) is 12.1. The van der Waals surface area contributed by atoms with Gasteiger partial charge in [0.25, 0.3) is 0 Å². The van der Waals surface area contributed by atoms with E-state index in [1.807, 2.05) is 113 Å². The molecule has 3 aromatic carbocycles. The van der Waals surface area contributed by atoms with E-state index in [-0.39, 0.29) is 17.5 Å². The first-order valence-corrected chi connectivity index (χ1v) is 27.3. The van der Waals surface area contributed by atoms with Crippen molar-refractivity contribution in [1.29, 1.82) is 0 Å². The van der Waals surface area contributed by atoms with Crippen molar-refractivity contribution in [2.45, 2.75) is 86.5 Å². The Morgan fingerprint density at radius 2 is 0.854 bits per heavy atom. The van der Waals surface area contributed by atoms with Crippen LogP contribution in [-0.4, -0.2) is 89.9 Å². The number of halogens is 4. The number of fused-ring (bicyclic) bond motifs is 3. The van der Waals surface area contributed by atoms with Gasteiger partial charge in [-0.15, -0.1) is 30.6 Å². The minimum atomic E-state index is -0.254. The Hall–Kier alpha value is -8.98. The van der Waals surface area contributed by atoms with Crippen molar-refractivity contribution in [3.8, 4) is 28.6 Å². The first kappa shape index (κ1) is 57.7. The summed E-state index contributed by atoms with van der Waals surface area (Å²) in [4.78, 5) is 13.1. The Bertz CT molecular complexity index is 3920. The van der Waals surface area contributed by atoms with Crippen molar-refractivity contribution in [2.75, 3.05) is 21.3 Å². The van der Waals surface area contributed by atoms with Crippen LogP contribution in [0.15, 0.2) is 144 Å². The van der Waals surface area contributed by atoms with Gasteiger partial charge in [0.15, 0.2) is 16.9 Å². The van der Waals surface area contributed by atoms with Gasteiger partial charge in [-0.3, -0.25) is 18.2 Å². The maximum Gasteiger partial charge on any atom is 0.185 e. The van der Waals surface area contributed by atoms with Crippen molar-refractivity contribution >= 4 is 38.6 Å². The smallest absolute Gasteiger partial charge is 0.185 e. The van der Waals surface area contributed by atoms with Crippen LogP contribution < -0.4 is 14.2 Å². The molecule has 0 aliphatic carbocycles. The number of ether oxygens (including phenoxy) is 3. The van der Waals surface area contributed by atoms with Crippen LogP contribution in [-0.2, 0) is 38.5 Å². The zero-order valence-electron chi connectivity index (χ0n) is 47.1. The number of nitrogens with zero attached hydrogens (tertiary/aromatic N) is 14. The SMILES string of the molecule is CC1=CCC(C)=N1.COc1cccc(F)c1CCc1ccc(-n2cc(C)nc2C)c2nncn12.COc1cccc(F)c1CCc1ccc(-n2cc(C)nc2C)c2nncn12.COc1cccc(F)c1CCc1ccc(Br)c2nncn12. The molecular formula is C61H62BrF3N14O3. The van der Waals surface area contributed by atoms with Crippen LogP contribution in [0, 0.1) is 45.1 Å². The van der Waals surface area contributed by atoms with Gasteiger partial charge in [-0.1, -0.05) is 24.3 Å². The fraction of sp³-hybridized carbons (Fsp3) is 0.262. The van der Waals surface area contributed by atoms with Crippen LogP contribution in [0.1, 0.15) is 77.1 Å². The Kier molecular flexibility index (Phi) is 18.4. The van der Waals surface area contributed by atoms with E-state index in [1.165, 1.54) is 23.9 Å². The van der Waals surface area contributed by atoms with Crippen molar-refractivity contribution < 1.29 is 27.4 Å². The van der Waals surface area contributed by atoms with Crippen LogP contribution in [0.25, 0.3) is 28.3 Å². The van der Waals surface area contributed by atoms with Gasteiger partial charge in [0.2, 0.25) is 0 Å². The fourth-order valence-electron chi connectivity index (χ4n) is 9.91. The van der Waals surface area contributed by atoms with Crippen LogP contribution in [0.2, 0.25) is 0 Å². The lowest BCUT2D eigenvalue weighted by Crippen LogP contribution is -2.05. The predicted molar refractivity (Wildman–Crippen MR) is 312 cm³/mol. The zero-order valence-corrected chi connectivity index (χ0v) is 48.7. The number of aromatic nitrogens is 13. The highest BCUT2D eigenvalue weighted by Gasteiger charge is 2.18. The van der Waals surface area contributed by atoms with Crippen molar-refractivity contribution in [3.05, 3.63) is 213 Å². The second-order valence-electron chi connectivity index (χ2n) is 19.4. The lowest BCUT2D eigenvalue weighted by Gasteiger charge is -2.12. The molecule has 0 saturated carbocycles. The summed E-state index contributed by atoms with van der Waals surface area (Å²) in [6.45, 7) is 11.9. The van der Waals surface area contributed by atoms with Crippen LogP contribution in [0.4, 0.5) is 13.2 Å². The van der Waals surface area contributed by atoms with Gasteiger partial charge in [0.1, 0.15) is 65.3 Å². The van der Waals surface area contributed by atoms with Gasteiger partial charge >= 0.3 is 0 Å². The van der Waals surface area contributed by atoms with E-state index in [4.69, 9.17) is 14.2 Å². The Labute approximate surface area is 481 Å². The maximum absolute atomic E-state index is 14.2. The summed E-state index contributed by atoms with van der Waals surface area (Å²) in [5, 5.41) is 24.7. The zero-order chi connectivity index (χ0) is 58.0. The number of allylic oxidation sites excluding steroid dienone is 2. The van der Waals surface area contributed by atoms with E-state index in [9.17, 15) is 13.2 Å². The number of imidazole rings is 2. The van der Waals surface area contributed by atoms with Crippen molar-refractivity contribution in [2.24, 2.45) is 4.99 Å². The molecule has 12 rings (SSSR count). The number of methoxy groups -OCH3 is 3. The third-order valence-corrected chi connectivity index (χ3v) is 14.5. The molecular weight excluding hydrogens is 1110 g/mol. The third-order valence-electron chi connectivity index (χ3n) is 13.9. The number of benzene rings is 3. The fourth-order valence-corrected chi connectivity index (χ4v) is 10.3. The number of aliphatic imine (C=N–C) groups is 1. The Morgan fingerprint density at radius 1 is 0.476 bits per heavy atom. The summed E-state index contributed by atoms with van der Waals surface area (Å²) >= 11 is 3.44. The first-order valence-electron chi connectivity index (χ1n) is 26.5. The second kappa shape index (κ2) is 26.1. The lowest BCUT2D eigenvalue weighted by atomic mass is 10.1. The van der Waals surface area contributed by atoms with Gasteiger partial charge < -0.3 is 23.3 Å². The molecule has 0 atom stereocenters. The summed E-state index contributed by atoms with van der Waals surface area (Å²) in [5.41, 5.74) is 13.1. The standard InChI is InChI=1S/2C20H20FN5O.C15H13BrFN3O.C6H9N/c2*1-13-11-25(14(2)23-13)18-10-8-15(26-12-22-24-20(18)26)7-9-16-17(21)5-4-6-19(16)27-3;1-21-14-4-2-3-13(17)11(14)7-5-10-6-8-12(16)15-19-18-9-20(10)15;1-5-3-4-6(2)7-5/h2*4-6,8,10-12H,7,9H2,1-3H3;2-4,6,8-9H,5,7H2,1H3;3H,4H2,1-2H3. The molecule has 9 heterocycles. The van der Waals surface area contributed by atoms with Crippen LogP contribution >= 0.6 is 15.9 Å². The van der Waals surface area contributed by atoms with Gasteiger partial charge in [-0.2, -0.15) is 0 Å². The summed E-state index contributed by atoms with van der Waals surface area (Å²) in [5.74, 6) is 2.74.